The molecule has 0 saturated heterocycles. The molecule has 0 aliphatic rings. The lowest BCUT2D eigenvalue weighted by molar-refractivity contribution is -0.128. The molecule has 0 spiro atoms. The summed E-state index contributed by atoms with van der Waals surface area (Å²) in [5.41, 5.74) is 0. The van der Waals surface area contributed by atoms with Gasteiger partial charge in [-0.15, -0.1) is 0 Å². The van der Waals surface area contributed by atoms with Crippen molar-refractivity contribution < 1.29 is 13.9 Å². The highest BCUT2D eigenvalue weighted by molar-refractivity contribution is 5.97. The van der Waals surface area contributed by atoms with Crippen molar-refractivity contribution in [2.24, 2.45) is 0 Å². The molecule has 0 fully saturated rings. The maximum Gasteiger partial charge on any atom is 0.157 e. The molecule has 13 heavy (non-hydrogen) atoms. The second kappa shape index (κ2) is 10.2. The van der Waals surface area contributed by atoms with Gasteiger partial charge in [-0.05, 0) is 19.3 Å². The zero-order valence-electron chi connectivity index (χ0n) is 9.04. The third-order valence-corrected chi connectivity index (χ3v) is 2.24. The summed E-state index contributed by atoms with van der Waals surface area (Å²) in [7, 11) is 2.54. The minimum absolute atomic E-state index is 0.0121. The lowest BCUT2D eigenvalue weighted by atomic mass is 10.3. The van der Waals surface area contributed by atoms with Gasteiger partial charge in [-0.2, -0.15) is 0 Å². The van der Waals surface area contributed by atoms with Gasteiger partial charge in [-0.1, -0.05) is 13.3 Å². The second-order valence-corrected chi connectivity index (χ2v) is 3.60. The summed E-state index contributed by atoms with van der Waals surface area (Å²) in [5, 5.41) is 0. The van der Waals surface area contributed by atoms with Crippen LogP contribution in [0.5, 0.6) is 0 Å². The van der Waals surface area contributed by atoms with E-state index in [1.54, 1.807) is 7.11 Å². The minimum Gasteiger partial charge on any atom is -0.428 e. The molecule has 0 amide bonds. The zero-order chi connectivity index (χ0) is 9.94. The Morgan fingerprint density at radius 3 is 2.46 bits per heavy atom. The van der Waals surface area contributed by atoms with E-state index in [0.717, 1.165) is 49.4 Å². The number of hydrogen-bond donors (Lipinski definition) is 0. The molecule has 0 bridgehead atoms. The molecule has 0 aromatic heterocycles. The maximum atomic E-state index is 5.51. The molecule has 0 heterocycles. The van der Waals surface area contributed by atoms with Crippen molar-refractivity contribution in [3.8, 4) is 0 Å². The van der Waals surface area contributed by atoms with Gasteiger partial charge in [0.05, 0.1) is 0 Å². The van der Waals surface area contributed by atoms with Gasteiger partial charge < -0.3 is 13.9 Å². The third kappa shape index (κ3) is 8.43. The largest absolute Gasteiger partial charge is 0.428 e. The lowest BCUT2D eigenvalue weighted by Gasteiger charge is -2.14. The third-order valence-electron chi connectivity index (χ3n) is 1.83. The van der Waals surface area contributed by atoms with Gasteiger partial charge in [0.15, 0.2) is 6.29 Å². The highest BCUT2D eigenvalue weighted by atomic mass is 28.2. The monoisotopic (exact) mass is 206 g/mol. The van der Waals surface area contributed by atoms with E-state index >= 15 is 0 Å². The predicted octanol–water partition coefficient (Wildman–Crippen LogP) is 0.853. The van der Waals surface area contributed by atoms with E-state index in [1.807, 2.05) is 0 Å². The van der Waals surface area contributed by atoms with E-state index in [4.69, 9.17) is 13.9 Å². The quantitative estimate of drug-likeness (QED) is 0.318. The Morgan fingerprint density at radius 1 is 1.23 bits per heavy atom. The first-order valence-electron chi connectivity index (χ1n) is 4.98. The molecule has 1 unspecified atom stereocenters. The summed E-state index contributed by atoms with van der Waals surface area (Å²) in [6.45, 7) is 3.79. The summed E-state index contributed by atoms with van der Waals surface area (Å²) < 4.78 is 15.7. The van der Waals surface area contributed by atoms with E-state index in [2.05, 4.69) is 6.92 Å². The van der Waals surface area contributed by atoms with Crippen molar-refractivity contribution in [1.29, 1.82) is 0 Å². The minimum atomic E-state index is -0.0121. The van der Waals surface area contributed by atoms with Crippen LogP contribution in [-0.4, -0.2) is 37.1 Å². The molecule has 0 saturated carbocycles. The van der Waals surface area contributed by atoms with Crippen molar-refractivity contribution in [2.45, 2.75) is 38.9 Å². The SMILES string of the molecule is CCCC(OC)OCCCCO[SiH3]. The highest BCUT2D eigenvalue weighted by Gasteiger charge is 2.04. The van der Waals surface area contributed by atoms with Gasteiger partial charge in [-0.3, -0.25) is 0 Å². The molecule has 0 aliphatic carbocycles. The van der Waals surface area contributed by atoms with Crippen molar-refractivity contribution in [1.82, 2.24) is 0 Å². The second-order valence-electron chi connectivity index (χ2n) is 3.02. The molecule has 0 rings (SSSR count). The molecular weight excluding hydrogens is 184 g/mol. The van der Waals surface area contributed by atoms with Crippen LogP contribution in [0.25, 0.3) is 0 Å². The predicted molar refractivity (Wildman–Crippen MR) is 56.8 cm³/mol. The smallest absolute Gasteiger partial charge is 0.157 e. The van der Waals surface area contributed by atoms with Crippen molar-refractivity contribution >= 4 is 10.5 Å². The van der Waals surface area contributed by atoms with Gasteiger partial charge in [-0.25, -0.2) is 0 Å². The fourth-order valence-corrected chi connectivity index (χ4v) is 1.36. The van der Waals surface area contributed by atoms with Crippen LogP contribution in [0, 0.1) is 0 Å². The van der Waals surface area contributed by atoms with Gasteiger partial charge in [0, 0.05) is 20.3 Å². The standard InChI is InChI=1S/C9H22O3Si/c1-3-6-9(10-2)11-7-4-5-8-12-13/h9H,3-8H2,1-2,13H3. The molecule has 80 valence electrons. The summed E-state index contributed by atoms with van der Waals surface area (Å²) in [6, 6.07) is 0. The molecule has 1 atom stereocenters. The van der Waals surface area contributed by atoms with Crippen LogP contribution in [-0.2, 0) is 13.9 Å². The zero-order valence-corrected chi connectivity index (χ0v) is 11.0. The van der Waals surface area contributed by atoms with E-state index < -0.39 is 0 Å². The lowest BCUT2D eigenvalue weighted by Crippen LogP contribution is -2.15. The summed E-state index contributed by atoms with van der Waals surface area (Å²) in [5.74, 6) is 0. The van der Waals surface area contributed by atoms with Gasteiger partial charge in [0.25, 0.3) is 0 Å². The number of ether oxygens (including phenoxy) is 2. The molecule has 0 aliphatic heterocycles. The van der Waals surface area contributed by atoms with E-state index in [-0.39, 0.29) is 6.29 Å². The van der Waals surface area contributed by atoms with Crippen molar-refractivity contribution in [3.05, 3.63) is 0 Å². The Kier molecular flexibility index (Phi) is 10.3. The Hall–Kier alpha value is 0.0969. The van der Waals surface area contributed by atoms with Crippen LogP contribution in [0.2, 0.25) is 0 Å². The molecule has 0 aromatic rings. The van der Waals surface area contributed by atoms with Crippen LogP contribution in [0.3, 0.4) is 0 Å². The van der Waals surface area contributed by atoms with Crippen molar-refractivity contribution in [3.63, 3.8) is 0 Å². The number of methoxy groups -OCH3 is 1. The molecule has 3 nitrogen and oxygen atoms in total. The van der Waals surface area contributed by atoms with E-state index in [9.17, 15) is 0 Å². The Labute approximate surface area is 84.3 Å². The normalized spacial score (nSPS) is 13.4. The van der Waals surface area contributed by atoms with E-state index in [1.165, 1.54) is 0 Å². The Bertz CT molecular complexity index is 101. The molecule has 0 N–H and O–H groups in total. The fraction of sp³-hybridized carbons (Fsp3) is 1.00. The van der Waals surface area contributed by atoms with Gasteiger partial charge >= 0.3 is 0 Å². The topological polar surface area (TPSA) is 27.7 Å². The average Bonchev–Trinajstić information content (AvgIpc) is 2.16. The summed E-state index contributed by atoms with van der Waals surface area (Å²) >= 11 is 0. The fourth-order valence-electron chi connectivity index (χ4n) is 1.07. The summed E-state index contributed by atoms with van der Waals surface area (Å²) in [4.78, 5) is 0. The number of unbranched alkanes of at least 4 members (excludes halogenated alkanes) is 1. The molecule has 0 radical (unpaired) electrons. The summed E-state index contributed by atoms with van der Waals surface area (Å²) in [6.07, 6.45) is 4.22. The highest BCUT2D eigenvalue weighted by Crippen LogP contribution is 2.03. The molecule has 0 aromatic carbocycles. The van der Waals surface area contributed by atoms with Crippen molar-refractivity contribution in [2.75, 3.05) is 20.3 Å². The van der Waals surface area contributed by atoms with Gasteiger partial charge in [0.1, 0.15) is 10.5 Å². The van der Waals surface area contributed by atoms with Crippen LogP contribution in [0.15, 0.2) is 0 Å². The van der Waals surface area contributed by atoms with Crippen LogP contribution in [0.4, 0.5) is 0 Å². The average molecular weight is 206 g/mol. The molecule has 4 heteroatoms. The van der Waals surface area contributed by atoms with Crippen LogP contribution >= 0.6 is 0 Å². The number of rotatable bonds is 9. The van der Waals surface area contributed by atoms with E-state index in [0.29, 0.717) is 0 Å². The molecular formula is C9H22O3Si. The Balaban J connectivity index is 3.17. The van der Waals surface area contributed by atoms with Crippen LogP contribution < -0.4 is 0 Å². The first-order chi connectivity index (χ1) is 6.35. The first-order valence-corrected chi connectivity index (χ1v) is 5.80. The number of hydrogen-bond acceptors (Lipinski definition) is 3. The van der Waals surface area contributed by atoms with Crippen LogP contribution in [0.1, 0.15) is 32.6 Å². The first kappa shape index (κ1) is 13.1. The Morgan fingerprint density at radius 2 is 1.92 bits per heavy atom. The van der Waals surface area contributed by atoms with Gasteiger partial charge in [0.2, 0.25) is 0 Å². The maximum absolute atomic E-state index is 5.51.